The van der Waals surface area contributed by atoms with Gasteiger partial charge in [0.05, 0.1) is 0 Å². The van der Waals surface area contributed by atoms with Crippen LogP contribution in [0.4, 0.5) is 27.6 Å². The fraction of sp³-hybridized carbons (Fsp3) is 0.0769. The Hall–Kier alpha value is -2.11. The van der Waals surface area contributed by atoms with Crippen LogP contribution in [0.3, 0.4) is 0 Å². The van der Waals surface area contributed by atoms with E-state index in [0.717, 1.165) is 0 Å². The van der Waals surface area contributed by atoms with Gasteiger partial charge in [0.25, 0.3) is 0 Å². The molecule has 0 aliphatic rings. The zero-order valence-corrected chi connectivity index (χ0v) is 9.48. The first kappa shape index (κ1) is 13.3. The predicted octanol–water partition coefficient (Wildman–Crippen LogP) is 3.99. The third-order valence-corrected chi connectivity index (χ3v) is 2.54. The van der Waals surface area contributed by atoms with Crippen LogP contribution in [0.5, 0.6) is 0 Å². The summed E-state index contributed by atoms with van der Waals surface area (Å²) in [6.45, 7) is -0.504. The van der Waals surface area contributed by atoms with Crippen LogP contribution in [-0.4, -0.2) is 0 Å². The van der Waals surface area contributed by atoms with E-state index in [1.165, 1.54) is 0 Å². The lowest BCUT2D eigenvalue weighted by Crippen LogP contribution is -2.11. The molecule has 0 fully saturated rings. The first-order valence-electron chi connectivity index (χ1n) is 5.31. The Kier molecular flexibility index (Phi) is 3.69. The van der Waals surface area contributed by atoms with Gasteiger partial charge in [-0.15, -0.1) is 0 Å². The van der Waals surface area contributed by atoms with Gasteiger partial charge in [-0.3, -0.25) is 0 Å². The Morgan fingerprint density at radius 2 is 1.16 bits per heavy atom. The second kappa shape index (κ2) is 5.26. The molecule has 1 nitrogen and oxygen atoms in total. The van der Waals surface area contributed by atoms with Gasteiger partial charge in [0.15, 0.2) is 23.3 Å². The smallest absolute Gasteiger partial charge is 0.200 e. The van der Waals surface area contributed by atoms with Crippen molar-refractivity contribution in [3.63, 3.8) is 0 Å². The van der Waals surface area contributed by atoms with Crippen LogP contribution in [0.2, 0.25) is 0 Å². The molecule has 19 heavy (non-hydrogen) atoms. The first-order valence-corrected chi connectivity index (χ1v) is 5.31. The van der Waals surface area contributed by atoms with Crippen LogP contribution in [0.15, 0.2) is 30.3 Å². The molecule has 0 bridgehead atoms. The SMILES string of the molecule is Fc1c(F)c(F)c(CNc2ccccc2)c(F)c1F. The van der Waals surface area contributed by atoms with Gasteiger partial charge in [0.1, 0.15) is 0 Å². The Morgan fingerprint density at radius 1 is 0.684 bits per heavy atom. The van der Waals surface area contributed by atoms with Crippen molar-refractivity contribution in [3.05, 3.63) is 65.0 Å². The standard InChI is InChI=1S/C13H8F5N/c14-9-8(6-19-7-4-2-1-3-5-7)10(15)12(17)13(18)11(9)16/h1-5,19H,6H2. The molecule has 2 aromatic carbocycles. The first-order chi connectivity index (χ1) is 9.02. The minimum Gasteiger partial charge on any atom is -0.381 e. The molecule has 100 valence electrons. The van der Waals surface area contributed by atoms with E-state index >= 15 is 0 Å². The minimum absolute atomic E-state index is 0.504. The zero-order valence-electron chi connectivity index (χ0n) is 9.48. The van der Waals surface area contributed by atoms with Gasteiger partial charge in [0.2, 0.25) is 5.82 Å². The summed E-state index contributed by atoms with van der Waals surface area (Å²) in [4.78, 5) is 0. The Balaban J connectivity index is 2.31. The number of anilines is 1. The van der Waals surface area contributed by atoms with Gasteiger partial charge in [-0.2, -0.15) is 0 Å². The van der Waals surface area contributed by atoms with Crippen molar-refractivity contribution in [2.45, 2.75) is 6.54 Å². The maximum atomic E-state index is 13.3. The minimum atomic E-state index is -2.15. The molecule has 6 heteroatoms. The van der Waals surface area contributed by atoms with Gasteiger partial charge in [-0.1, -0.05) is 18.2 Å². The highest BCUT2D eigenvalue weighted by atomic mass is 19.2. The summed E-state index contributed by atoms with van der Waals surface area (Å²) in [5.74, 6) is -9.68. The highest BCUT2D eigenvalue weighted by molar-refractivity contribution is 5.43. The van der Waals surface area contributed by atoms with Crippen molar-refractivity contribution in [2.75, 3.05) is 5.32 Å². The number of halogens is 5. The average Bonchev–Trinajstić information content (AvgIpc) is 2.44. The number of rotatable bonds is 3. The Morgan fingerprint density at radius 3 is 1.68 bits per heavy atom. The van der Waals surface area contributed by atoms with E-state index in [9.17, 15) is 22.0 Å². The average molecular weight is 273 g/mol. The molecule has 2 rings (SSSR count). The summed E-state index contributed by atoms with van der Waals surface area (Å²) in [6.07, 6.45) is 0. The highest BCUT2D eigenvalue weighted by Gasteiger charge is 2.25. The summed E-state index contributed by atoms with van der Waals surface area (Å²) in [6, 6.07) is 8.27. The molecule has 0 heterocycles. The monoisotopic (exact) mass is 273 g/mol. The van der Waals surface area contributed by atoms with Crippen LogP contribution in [0.1, 0.15) is 5.56 Å². The van der Waals surface area contributed by atoms with Crippen LogP contribution in [0.25, 0.3) is 0 Å². The molecule has 0 aliphatic carbocycles. The van der Waals surface area contributed by atoms with Gasteiger partial charge < -0.3 is 5.32 Å². The third kappa shape index (κ3) is 2.52. The largest absolute Gasteiger partial charge is 0.381 e. The molecule has 0 spiro atoms. The predicted molar refractivity (Wildman–Crippen MR) is 60.0 cm³/mol. The van der Waals surface area contributed by atoms with E-state index in [2.05, 4.69) is 5.32 Å². The second-order valence-corrected chi connectivity index (χ2v) is 3.77. The lowest BCUT2D eigenvalue weighted by Gasteiger charge is -2.10. The third-order valence-electron chi connectivity index (χ3n) is 2.54. The zero-order chi connectivity index (χ0) is 14.0. The van der Waals surface area contributed by atoms with Crippen molar-refractivity contribution in [3.8, 4) is 0 Å². The summed E-state index contributed by atoms with van der Waals surface area (Å²) in [5.41, 5.74) is -0.383. The summed E-state index contributed by atoms with van der Waals surface area (Å²) >= 11 is 0. The molecule has 0 radical (unpaired) electrons. The normalized spacial score (nSPS) is 10.6. The van der Waals surface area contributed by atoms with Crippen LogP contribution in [0, 0.1) is 29.1 Å². The lowest BCUT2D eigenvalue weighted by molar-refractivity contribution is 0.371. The topological polar surface area (TPSA) is 12.0 Å². The number of hydrogen-bond donors (Lipinski definition) is 1. The molecule has 0 unspecified atom stereocenters. The number of hydrogen-bond acceptors (Lipinski definition) is 1. The Bertz CT molecular complexity index is 569. The maximum Gasteiger partial charge on any atom is 0.200 e. The van der Waals surface area contributed by atoms with Crippen molar-refractivity contribution >= 4 is 5.69 Å². The molecule has 1 N–H and O–H groups in total. The second-order valence-electron chi connectivity index (χ2n) is 3.77. The molecule has 0 amide bonds. The molecular formula is C13H8F5N. The van der Waals surface area contributed by atoms with Crippen molar-refractivity contribution < 1.29 is 22.0 Å². The summed E-state index contributed by atoms with van der Waals surface area (Å²) < 4.78 is 65.4. The van der Waals surface area contributed by atoms with Gasteiger partial charge in [-0.05, 0) is 12.1 Å². The van der Waals surface area contributed by atoms with Crippen LogP contribution >= 0.6 is 0 Å². The van der Waals surface area contributed by atoms with E-state index < -0.39 is 41.2 Å². The van der Waals surface area contributed by atoms with E-state index in [0.29, 0.717) is 5.69 Å². The van der Waals surface area contributed by atoms with Crippen molar-refractivity contribution in [1.82, 2.24) is 0 Å². The molecule has 0 aliphatic heterocycles. The van der Waals surface area contributed by atoms with Gasteiger partial charge in [0, 0.05) is 17.8 Å². The molecule has 0 aromatic heterocycles. The molecule has 0 atom stereocenters. The van der Waals surface area contributed by atoms with Crippen LogP contribution < -0.4 is 5.32 Å². The van der Waals surface area contributed by atoms with Gasteiger partial charge in [-0.25, -0.2) is 22.0 Å². The molecule has 0 saturated carbocycles. The van der Waals surface area contributed by atoms with Crippen molar-refractivity contribution in [2.24, 2.45) is 0 Å². The highest BCUT2D eigenvalue weighted by Crippen LogP contribution is 2.23. The van der Waals surface area contributed by atoms with E-state index in [-0.39, 0.29) is 0 Å². The van der Waals surface area contributed by atoms with E-state index in [4.69, 9.17) is 0 Å². The van der Waals surface area contributed by atoms with E-state index in [1.54, 1.807) is 30.3 Å². The fourth-order valence-electron chi connectivity index (χ4n) is 1.55. The fourth-order valence-corrected chi connectivity index (χ4v) is 1.55. The number of benzene rings is 2. The van der Waals surface area contributed by atoms with Gasteiger partial charge >= 0.3 is 0 Å². The number of nitrogens with one attached hydrogen (secondary N) is 1. The summed E-state index contributed by atoms with van der Waals surface area (Å²) in [7, 11) is 0. The molecule has 2 aromatic rings. The quantitative estimate of drug-likeness (QED) is 0.506. The molecular weight excluding hydrogens is 265 g/mol. The lowest BCUT2D eigenvalue weighted by atomic mass is 10.1. The Labute approximate surface area is 105 Å². The van der Waals surface area contributed by atoms with Crippen molar-refractivity contribution in [1.29, 1.82) is 0 Å². The number of para-hydroxylation sites is 1. The maximum absolute atomic E-state index is 13.3. The molecule has 0 saturated heterocycles. The summed E-state index contributed by atoms with van der Waals surface area (Å²) in [5, 5.41) is 2.58. The van der Waals surface area contributed by atoms with Crippen LogP contribution in [-0.2, 0) is 6.54 Å². The van der Waals surface area contributed by atoms with E-state index in [1.807, 2.05) is 0 Å².